The molecular weight excluding hydrogens is 476 g/mol. The Labute approximate surface area is 221 Å². The number of anilines is 1. The van der Waals surface area contributed by atoms with E-state index >= 15 is 0 Å². The van der Waals surface area contributed by atoms with Gasteiger partial charge in [-0.2, -0.15) is 0 Å². The van der Waals surface area contributed by atoms with Gasteiger partial charge in [-0.05, 0) is 62.5 Å². The number of allylic oxidation sites excluding steroid dienone is 1. The number of pyridine rings is 1. The first kappa shape index (κ1) is 23.4. The van der Waals surface area contributed by atoms with Crippen molar-refractivity contribution in [2.45, 2.75) is 26.3 Å². The number of furan rings is 1. The monoisotopic (exact) mass is 508 g/mol. The average Bonchev–Trinajstić information content (AvgIpc) is 3.58. The Balaban J connectivity index is 1.32. The summed E-state index contributed by atoms with van der Waals surface area (Å²) < 4.78 is 12.0. The van der Waals surface area contributed by atoms with Crippen molar-refractivity contribution in [3.63, 3.8) is 0 Å². The molecule has 2 saturated heterocycles. The van der Waals surface area contributed by atoms with Crippen molar-refractivity contribution in [1.29, 1.82) is 0 Å². The van der Waals surface area contributed by atoms with E-state index in [0.717, 1.165) is 65.9 Å². The van der Waals surface area contributed by atoms with Crippen molar-refractivity contribution < 1.29 is 9.15 Å². The minimum Gasteiger partial charge on any atom is -0.432 e. The zero-order valence-electron chi connectivity index (χ0n) is 21.7. The van der Waals surface area contributed by atoms with Gasteiger partial charge >= 0.3 is 0 Å². The van der Waals surface area contributed by atoms with Gasteiger partial charge in [0.05, 0.1) is 18.6 Å². The van der Waals surface area contributed by atoms with Gasteiger partial charge < -0.3 is 19.0 Å². The lowest BCUT2D eigenvalue weighted by molar-refractivity contribution is 0.122. The Morgan fingerprint density at radius 1 is 1.08 bits per heavy atom. The molecule has 2 fully saturated rings. The first-order chi connectivity index (χ1) is 18.6. The van der Waals surface area contributed by atoms with E-state index in [0.29, 0.717) is 36.3 Å². The number of hydrogen-bond acceptors (Lipinski definition) is 7. The molecule has 0 spiro atoms. The molecule has 0 saturated carbocycles. The number of rotatable bonds is 5. The molecule has 5 aromatic rings. The molecule has 4 aromatic heterocycles. The van der Waals surface area contributed by atoms with Gasteiger partial charge in [0.25, 0.3) is 0 Å². The van der Waals surface area contributed by atoms with Gasteiger partial charge in [0.1, 0.15) is 5.52 Å². The van der Waals surface area contributed by atoms with E-state index in [1.54, 1.807) is 0 Å². The lowest BCUT2D eigenvalue weighted by Crippen LogP contribution is -2.37. The maximum atomic E-state index is 6.34. The van der Waals surface area contributed by atoms with Gasteiger partial charge in [-0.3, -0.25) is 4.90 Å². The predicted octanol–water partition coefficient (Wildman–Crippen LogP) is 5.54. The van der Waals surface area contributed by atoms with Crippen LogP contribution in [0.15, 0.2) is 59.3 Å². The highest BCUT2D eigenvalue weighted by Gasteiger charge is 2.25. The summed E-state index contributed by atoms with van der Waals surface area (Å²) in [4.78, 5) is 22.9. The molecule has 0 amide bonds. The Morgan fingerprint density at radius 3 is 2.74 bits per heavy atom. The van der Waals surface area contributed by atoms with Crippen LogP contribution in [0.25, 0.3) is 44.5 Å². The maximum Gasteiger partial charge on any atom is 0.229 e. The fourth-order valence-corrected chi connectivity index (χ4v) is 5.88. The molecule has 0 radical (unpaired) electrons. The molecule has 8 heteroatoms. The number of morpholine rings is 1. The summed E-state index contributed by atoms with van der Waals surface area (Å²) in [5.74, 6) is 2.14. The van der Waals surface area contributed by atoms with E-state index in [1.165, 1.54) is 24.0 Å². The molecule has 1 N–H and O–H groups in total. The molecule has 0 aliphatic carbocycles. The zero-order chi connectivity index (χ0) is 25.6. The number of benzene rings is 1. The molecule has 7 rings (SSSR count). The fourth-order valence-electron chi connectivity index (χ4n) is 5.88. The van der Waals surface area contributed by atoms with Gasteiger partial charge in [-0.15, -0.1) is 0 Å². The third-order valence-electron chi connectivity index (χ3n) is 8.05. The first-order valence-electron chi connectivity index (χ1n) is 13.5. The van der Waals surface area contributed by atoms with E-state index in [9.17, 15) is 0 Å². The largest absolute Gasteiger partial charge is 0.432 e. The molecule has 38 heavy (non-hydrogen) atoms. The molecule has 2 aliphatic rings. The quantitative estimate of drug-likeness (QED) is 0.312. The number of aromatic amines is 1. The van der Waals surface area contributed by atoms with Crippen molar-refractivity contribution in [3.05, 3.63) is 60.4 Å². The Hall–Kier alpha value is -3.75. The van der Waals surface area contributed by atoms with E-state index in [1.807, 2.05) is 18.5 Å². The number of aromatic nitrogens is 4. The van der Waals surface area contributed by atoms with Crippen molar-refractivity contribution >= 4 is 38.9 Å². The number of nitrogens with one attached hydrogen (secondary N) is 1. The van der Waals surface area contributed by atoms with Gasteiger partial charge in [-0.1, -0.05) is 24.3 Å². The molecule has 2 aliphatic heterocycles. The fraction of sp³-hybridized carbons (Fsp3) is 0.367. The second-order valence-electron chi connectivity index (χ2n) is 10.6. The van der Waals surface area contributed by atoms with Gasteiger partial charge in [0.15, 0.2) is 17.2 Å². The van der Waals surface area contributed by atoms with Crippen LogP contribution in [0.4, 0.5) is 5.82 Å². The summed E-state index contributed by atoms with van der Waals surface area (Å²) in [6.07, 6.45) is 6.24. The SMILES string of the molecule is C=C(C)C1CCN(Cc2cnc3oc4c(N5CCOCC5)nc(-c5cccc6[nH]ccc56)nc4c3c2)CC1. The van der Waals surface area contributed by atoms with Crippen molar-refractivity contribution in [1.82, 2.24) is 24.8 Å². The summed E-state index contributed by atoms with van der Waals surface area (Å²) in [6.45, 7) is 12.2. The Morgan fingerprint density at radius 2 is 1.92 bits per heavy atom. The third-order valence-corrected chi connectivity index (χ3v) is 8.05. The standard InChI is InChI=1S/C30H32N6O2/c1-19(2)21-7-10-35(11-8-21)18-20-16-24-26-27(38-30(24)32-17-20)29(36-12-14-37-15-13-36)34-28(33-26)23-4-3-5-25-22(23)6-9-31-25/h3-6,9,16-17,21,31H,1,7-8,10-15,18H2,2H3. The average molecular weight is 509 g/mol. The third kappa shape index (κ3) is 4.14. The van der Waals surface area contributed by atoms with Crippen LogP contribution in [-0.4, -0.2) is 64.2 Å². The summed E-state index contributed by atoms with van der Waals surface area (Å²) in [7, 11) is 0. The highest BCUT2D eigenvalue weighted by molar-refractivity contribution is 6.06. The van der Waals surface area contributed by atoms with Crippen molar-refractivity contribution in [3.8, 4) is 11.4 Å². The minimum atomic E-state index is 0.602. The highest BCUT2D eigenvalue weighted by atomic mass is 16.5. The van der Waals surface area contributed by atoms with Gasteiger partial charge in [0.2, 0.25) is 5.71 Å². The molecule has 0 unspecified atom stereocenters. The molecule has 8 nitrogen and oxygen atoms in total. The Kier molecular flexibility index (Phi) is 5.86. The van der Waals surface area contributed by atoms with Crippen LogP contribution in [0.3, 0.4) is 0 Å². The summed E-state index contributed by atoms with van der Waals surface area (Å²) in [6, 6.07) is 10.5. The number of ether oxygens (including phenoxy) is 1. The second kappa shape index (κ2) is 9.53. The Bertz CT molecular complexity index is 1640. The number of likely N-dealkylation sites (tertiary alicyclic amines) is 1. The second-order valence-corrected chi connectivity index (χ2v) is 10.6. The van der Waals surface area contributed by atoms with Crippen molar-refractivity contribution in [2.24, 2.45) is 5.92 Å². The molecule has 0 bridgehead atoms. The smallest absolute Gasteiger partial charge is 0.229 e. The van der Waals surface area contributed by atoms with Crippen LogP contribution in [-0.2, 0) is 11.3 Å². The van der Waals surface area contributed by atoms with E-state index in [4.69, 9.17) is 24.1 Å². The molecule has 6 heterocycles. The van der Waals surface area contributed by atoms with Crippen LogP contribution >= 0.6 is 0 Å². The zero-order valence-corrected chi connectivity index (χ0v) is 21.7. The van der Waals surface area contributed by atoms with Crippen LogP contribution < -0.4 is 4.90 Å². The lowest BCUT2D eigenvalue weighted by Gasteiger charge is -2.32. The van der Waals surface area contributed by atoms with Crippen LogP contribution in [0.2, 0.25) is 0 Å². The lowest BCUT2D eigenvalue weighted by atomic mass is 9.91. The molecular formula is C30H32N6O2. The number of fused-ring (bicyclic) bond motifs is 4. The summed E-state index contributed by atoms with van der Waals surface area (Å²) in [5.41, 5.74) is 6.66. The number of nitrogens with zero attached hydrogens (tertiary/aromatic N) is 5. The molecule has 194 valence electrons. The topological polar surface area (TPSA) is 83.3 Å². The van der Waals surface area contributed by atoms with Gasteiger partial charge in [-0.25, -0.2) is 15.0 Å². The highest BCUT2D eigenvalue weighted by Crippen LogP contribution is 2.36. The van der Waals surface area contributed by atoms with Crippen LogP contribution in [0.1, 0.15) is 25.3 Å². The predicted molar refractivity (Wildman–Crippen MR) is 150 cm³/mol. The molecule has 1 aromatic carbocycles. The molecule has 0 atom stereocenters. The number of hydrogen-bond donors (Lipinski definition) is 1. The normalized spacial score (nSPS) is 17.7. The van der Waals surface area contributed by atoms with Crippen molar-refractivity contribution in [2.75, 3.05) is 44.3 Å². The number of piperidine rings is 1. The van der Waals surface area contributed by atoms with E-state index in [-0.39, 0.29) is 0 Å². The summed E-state index contributed by atoms with van der Waals surface area (Å²) in [5, 5.41) is 2.04. The van der Waals surface area contributed by atoms with E-state index in [2.05, 4.69) is 52.6 Å². The number of H-pyrrole nitrogens is 1. The minimum absolute atomic E-state index is 0.602. The van der Waals surface area contributed by atoms with E-state index < -0.39 is 0 Å². The van der Waals surface area contributed by atoms with Gasteiger partial charge in [0, 0.05) is 48.5 Å². The van der Waals surface area contributed by atoms with Crippen LogP contribution in [0, 0.1) is 5.92 Å². The van der Waals surface area contributed by atoms with Crippen LogP contribution in [0.5, 0.6) is 0 Å². The summed E-state index contributed by atoms with van der Waals surface area (Å²) >= 11 is 0. The maximum absolute atomic E-state index is 6.34. The first-order valence-corrected chi connectivity index (χ1v) is 13.5.